The van der Waals surface area contributed by atoms with Crippen LogP contribution in [0, 0.1) is 6.92 Å². The standard InChI is InChI=1S/C16H24N2OS/c1-4-17-12-8-9-13(11(2)10-12)16(19)18-14-6-5-7-15(14)20-3/h8-10,14-15,17H,4-7H2,1-3H3,(H,18,19). The van der Waals surface area contributed by atoms with Gasteiger partial charge in [-0.3, -0.25) is 4.79 Å². The molecule has 0 heterocycles. The summed E-state index contributed by atoms with van der Waals surface area (Å²) in [6.45, 7) is 4.96. The first-order chi connectivity index (χ1) is 9.65. The second-order valence-electron chi connectivity index (χ2n) is 5.35. The summed E-state index contributed by atoms with van der Waals surface area (Å²) in [6, 6.07) is 6.27. The van der Waals surface area contributed by atoms with Gasteiger partial charge in [0, 0.05) is 29.1 Å². The molecule has 1 aromatic rings. The second-order valence-corrected chi connectivity index (χ2v) is 6.42. The Morgan fingerprint density at radius 2 is 2.20 bits per heavy atom. The molecule has 1 aliphatic rings. The zero-order valence-corrected chi connectivity index (χ0v) is 13.3. The third-order valence-electron chi connectivity index (χ3n) is 3.92. The van der Waals surface area contributed by atoms with Gasteiger partial charge in [-0.2, -0.15) is 11.8 Å². The molecule has 0 aliphatic heterocycles. The van der Waals surface area contributed by atoms with Crippen LogP contribution in [-0.2, 0) is 0 Å². The average Bonchev–Trinajstić information content (AvgIpc) is 2.86. The van der Waals surface area contributed by atoms with Crippen LogP contribution in [0.15, 0.2) is 18.2 Å². The number of carbonyl (C=O) groups excluding carboxylic acids is 1. The molecule has 1 saturated carbocycles. The van der Waals surface area contributed by atoms with Gasteiger partial charge in [-0.25, -0.2) is 0 Å². The molecule has 3 nitrogen and oxygen atoms in total. The molecule has 1 aliphatic carbocycles. The van der Waals surface area contributed by atoms with E-state index in [9.17, 15) is 4.79 Å². The van der Waals surface area contributed by atoms with Gasteiger partial charge in [-0.15, -0.1) is 0 Å². The highest BCUT2D eigenvalue weighted by molar-refractivity contribution is 7.99. The number of anilines is 1. The van der Waals surface area contributed by atoms with Gasteiger partial charge in [0.15, 0.2) is 0 Å². The molecule has 20 heavy (non-hydrogen) atoms. The van der Waals surface area contributed by atoms with Gasteiger partial charge >= 0.3 is 0 Å². The topological polar surface area (TPSA) is 41.1 Å². The molecule has 0 spiro atoms. The lowest BCUT2D eigenvalue weighted by atomic mass is 10.1. The molecule has 1 fully saturated rings. The minimum Gasteiger partial charge on any atom is -0.385 e. The lowest BCUT2D eigenvalue weighted by Crippen LogP contribution is -2.38. The summed E-state index contributed by atoms with van der Waals surface area (Å²) in [7, 11) is 0. The van der Waals surface area contributed by atoms with E-state index in [1.807, 2.05) is 36.9 Å². The van der Waals surface area contributed by atoms with Gasteiger partial charge in [0.1, 0.15) is 0 Å². The van der Waals surface area contributed by atoms with Crippen LogP contribution in [0.2, 0.25) is 0 Å². The van der Waals surface area contributed by atoms with Gasteiger partial charge < -0.3 is 10.6 Å². The highest BCUT2D eigenvalue weighted by Crippen LogP contribution is 2.28. The fraction of sp³-hybridized carbons (Fsp3) is 0.562. The maximum Gasteiger partial charge on any atom is 0.251 e. The molecular formula is C16H24N2OS. The van der Waals surface area contributed by atoms with Crippen molar-refractivity contribution in [2.75, 3.05) is 18.1 Å². The number of nitrogens with one attached hydrogen (secondary N) is 2. The first-order valence-electron chi connectivity index (χ1n) is 7.34. The molecule has 0 radical (unpaired) electrons. The molecule has 0 saturated heterocycles. The lowest BCUT2D eigenvalue weighted by molar-refractivity contribution is 0.0938. The van der Waals surface area contributed by atoms with Crippen LogP contribution in [0.1, 0.15) is 42.1 Å². The normalized spacial score (nSPS) is 21.8. The van der Waals surface area contributed by atoms with Crippen LogP contribution >= 0.6 is 11.8 Å². The first kappa shape index (κ1) is 15.2. The molecule has 0 bridgehead atoms. The van der Waals surface area contributed by atoms with Gasteiger partial charge in [0.25, 0.3) is 5.91 Å². The third-order valence-corrected chi connectivity index (χ3v) is 5.09. The summed E-state index contributed by atoms with van der Waals surface area (Å²) >= 11 is 1.87. The summed E-state index contributed by atoms with van der Waals surface area (Å²) in [6.07, 6.45) is 5.66. The number of carbonyl (C=O) groups is 1. The van der Waals surface area contributed by atoms with Gasteiger partial charge in [-0.1, -0.05) is 6.42 Å². The largest absolute Gasteiger partial charge is 0.385 e. The second kappa shape index (κ2) is 7.02. The molecule has 2 rings (SSSR count). The van der Waals surface area contributed by atoms with E-state index in [0.717, 1.165) is 29.8 Å². The van der Waals surface area contributed by atoms with Crippen molar-refractivity contribution in [3.05, 3.63) is 29.3 Å². The first-order valence-corrected chi connectivity index (χ1v) is 8.62. The highest BCUT2D eigenvalue weighted by Gasteiger charge is 2.28. The quantitative estimate of drug-likeness (QED) is 0.873. The Morgan fingerprint density at radius 3 is 2.85 bits per heavy atom. The summed E-state index contributed by atoms with van der Waals surface area (Å²) < 4.78 is 0. The van der Waals surface area contributed by atoms with E-state index in [1.54, 1.807) is 0 Å². The predicted octanol–water partition coefficient (Wildman–Crippen LogP) is 3.44. The van der Waals surface area contributed by atoms with E-state index in [-0.39, 0.29) is 5.91 Å². The maximum atomic E-state index is 12.4. The summed E-state index contributed by atoms with van der Waals surface area (Å²) in [5.74, 6) is 0.0662. The fourth-order valence-corrected chi connectivity index (χ4v) is 3.79. The van der Waals surface area contributed by atoms with Gasteiger partial charge in [0.2, 0.25) is 0 Å². The number of hydrogen-bond acceptors (Lipinski definition) is 3. The van der Waals surface area contributed by atoms with Gasteiger partial charge in [-0.05, 0) is 56.7 Å². The van der Waals surface area contributed by atoms with Gasteiger partial charge in [0.05, 0.1) is 0 Å². The van der Waals surface area contributed by atoms with Crippen LogP contribution in [0.5, 0.6) is 0 Å². The number of benzene rings is 1. The maximum absolute atomic E-state index is 12.4. The van der Waals surface area contributed by atoms with E-state index in [2.05, 4.69) is 23.8 Å². The molecule has 110 valence electrons. The van der Waals surface area contributed by atoms with Crippen molar-refractivity contribution in [1.29, 1.82) is 0 Å². The van der Waals surface area contributed by atoms with Crippen LogP contribution in [0.4, 0.5) is 5.69 Å². The van der Waals surface area contributed by atoms with Crippen LogP contribution < -0.4 is 10.6 Å². The monoisotopic (exact) mass is 292 g/mol. The van der Waals surface area contributed by atoms with E-state index < -0.39 is 0 Å². The predicted molar refractivity (Wildman–Crippen MR) is 87.8 cm³/mol. The van der Waals surface area contributed by atoms with Crippen LogP contribution in [0.25, 0.3) is 0 Å². The molecule has 1 amide bonds. The number of hydrogen-bond donors (Lipinski definition) is 2. The van der Waals surface area contributed by atoms with Crippen molar-refractivity contribution in [3.63, 3.8) is 0 Å². The van der Waals surface area contributed by atoms with Crippen molar-refractivity contribution in [3.8, 4) is 0 Å². The lowest BCUT2D eigenvalue weighted by Gasteiger charge is -2.20. The van der Waals surface area contributed by atoms with Crippen molar-refractivity contribution in [1.82, 2.24) is 5.32 Å². The SMILES string of the molecule is CCNc1ccc(C(=O)NC2CCCC2SC)c(C)c1. The zero-order chi connectivity index (χ0) is 14.5. The Kier molecular flexibility index (Phi) is 5.35. The Bertz CT molecular complexity index is 476. The minimum absolute atomic E-state index is 0.0662. The van der Waals surface area contributed by atoms with Crippen molar-refractivity contribution >= 4 is 23.4 Å². The summed E-state index contributed by atoms with van der Waals surface area (Å²) in [5.41, 5.74) is 2.89. The number of rotatable bonds is 5. The molecule has 0 aromatic heterocycles. The number of aryl methyl sites for hydroxylation is 1. The molecule has 1 aromatic carbocycles. The molecule has 2 N–H and O–H groups in total. The zero-order valence-electron chi connectivity index (χ0n) is 12.5. The van der Waals surface area contributed by atoms with Crippen molar-refractivity contribution in [2.45, 2.75) is 44.4 Å². The van der Waals surface area contributed by atoms with Crippen LogP contribution in [-0.4, -0.2) is 30.0 Å². The Hall–Kier alpha value is -1.16. The van der Waals surface area contributed by atoms with E-state index >= 15 is 0 Å². The van der Waals surface area contributed by atoms with Crippen molar-refractivity contribution < 1.29 is 4.79 Å². The summed E-state index contributed by atoms with van der Waals surface area (Å²) in [4.78, 5) is 12.4. The van der Waals surface area contributed by atoms with E-state index in [4.69, 9.17) is 0 Å². The number of thioether (sulfide) groups is 1. The third kappa shape index (κ3) is 3.48. The molecule has 2 atom stereocenters. The van der Waals surface area contributed by atoms with E-state index in [1.165, 1.54) is 12.8 Å². The minimum atomic E-state index is 0.0662. The molecular weight excluding hydrogens is 268 g/mol. The van der Waals surface area contributed by atoms with Crippen LogP contribution in [0.3, 0.4) is 0 Å². The molecule has 2 unspecified atom stereocenters. The number of amides is 1. The van der Waals surface area contributed by atoms with E-state index in [0.29, 0.717) is 11.3 Å². The fourth-order valence-electron chi connectivity index (χ4n) is 2.85. The summed E-state index contributed by atoms with van der Waals surface area (Å²) in [5, 5.41) is 7.05. The Labute approximate surface area is 125 Å². The molecule has 4 heteroatoms. The van der Waals surface area contributed by atoms with Crippen molar-refractivity contribution in [2.24, 2.45) is 0 Å². The highest BCUT2D eigenvalue weighted by atomic mass is 32.2. The Balaban J connectivity index is 2.05. The average molecular weight is 292 g/mol. The Morgan fingerprint density at radius 1 is 1.40 bits per heavy atom. The smallest absolute Gasteiger partial charge is 0.251 e.